The van der Waals surface area contributed by atoms with Gasteiger partial charge in [0.1, 0.15) is 0 Å². The van der Waals surface area contributed by atoms with Crippen molar-refractivity contribution in [1.82, 2.24) is 15.0 Å². The van der Waals surface area contributed by atoms with Crippen LogP contribution in [-0.4, -0.2) is 40.6 Å². The van der Waals surface area contributed by atoms with Gasteiger partial charge in [-0.1, -0.05) is 17.3 Å². The van der Waals surface area contributed by atoms with E-state index in [2.05, 4.69) is 10.1 Å². The molecule has 0 aliphatic carbocycles. The summed E-state index contributed by atoms with van der Waals surface area (Å²) in [6, 6.07) is 7.66. The van der Waals surface area contributed by atoms with Gasteiger partial charge in [-0.05, 0) is 37.9 Å². The first-order valence-corrected chi connectivity index (χ1v) is 8.66. The van der Waals surface area contributed by atoms with Crippen molar-refractivity contribution >= 4 is 17.7 Å². The Morgan fingerprint density at radius 2 is 2.30 bits per heavy atom. The van der Waals surface area contributed by atoms with Crippen molar-refractivity contribution in [2.75, 3.05) is 19.6 Å². The van der Waals surface area contributed by atoms with Gasteiger partial charge in [0, 0.05) is 18.0 Å². The van der Waals surface area contributed by atoms with Crippen molar-refractivity contribution in [3.63, 3.8) is 0 Å². The number of carbonyl (C=O) groups is 1. The highest BCUT2D eigenvalue weighted by atomic mass is 32.2. The molecular weight excluding hydrogens is 312 g/mol. The maximum atomic E-state index is 12.8. The number of likely N-dealkylation sites (tertiary alicyclic amines) is 1. The summed E-state index contributed by atoms with van der Waals surface area (Å²) >= 11 is 1.54. The zero-order valence-electron chi connectivity index (χ0n) is 13.1. The molecule has 0 radical (unpaired) electrons. The van der Waals surface area contributed by atoms with Gasteiger partial charge in [-0.2, -0.15) is 4.98 Å². The zero-order chi connectivity index (χ0) is 16.2. The van der Waals surface area contributed by atoms with Gasteiger partial charge in [-0.25, -0.2) is 0 Å². The van der Waals surface area contributed by atoms with E-state index in [4.69, 9.17) is 10.3 Å². The van der Waals surface area contributed by atoms with Gasteiger partial charge >= 0.3 is 0 Å². The maximum Gasteiger partial charge on any atom is 0.254 e. The number of rotatable bonds is 5. The molecule has 122 valence electrons. The van der Waals surface area contributed by atoms with Gasteiger partial charge in [0.15, 0.2) is 5.82 Å². The van der Waals surface area contributed by atoms with Gasteiger partial charge < -0.3 is 15.2 Å². The van der Waals surface area contributed by atoms with E-state index in [-0.39, 0.29) is 5.91 Å². The second kappa shape index (κ2) is 7.14. The van der Waals surface area contributed by atoms with E-state index in [1.165, 1.54) is 11.8 Å². The fraction of sp³-hybridized carbons (Fsp3) is 0.438. The fourth-order valence-corrected chi connectivity index (χ4v) is 3.57. The lowest BCUT2D eigenvalue weighted by atomic mass is 10.1. The molecule has 6 nitrogen and oxygen atoms in total. The molecule has 1 aliphatic rings. The minimum atomic E-state index is 0.0748. The van der Waals surface area contributed by atoms with E-state index in [1.807, 2.05) is 29.2 Å². The molecule has 0 saturated carbocycles. The Balaban J connectivity index is 1.71. The number of aromatic nitrogens is 2. The number of nitrogens with two attached hydrogens (primary N) is 1. The SMILES string of the molecule is Cc1noc(CSc2ccccc2C(=O)N2CCC(CN)C2)n1. The lowest BCUT2D eigenvalue weighted by Crippen LogP contribution is -2.30. The van der Waals surface area contributed by atoms with E-state index < -0.39 is 0 Å². The zero-order valence-corrected chi connectivity index (χ0v) is 13.9. The van der Waals surface area contributed by atoms with E-state index in [0.717, 1.165) is 30.0 Å². The van der Waals surface area contributed by atoms with Gasteiger partial charge in [0.2, 0.25) is 5.89 Å². The summed E-state index contributed by atoms with van der Waals surface area (Å²) in [5.41, 5.74) is 6.44. The number of thioether (sulfide) groups is 1. The molecule has 1 aromatic heterocycles. The van der Waals surface area contributed by atoms with Gasteiger partial charge in [-0.15, -0.1) is 11.8 Å². The van der Waals surface area contributed by atoms with E-state index in [1.54, 1.807) is 6.92 Å². The number of carbonyl (C=O) groups excluding carboxylic acids is 1. The summed E-state index contributed by atoms with van der Waals surface area (Å²) in [6.45, 7) is 3.95. The average Bonchev–Trinajstić information content (AvgIpc) is 3.21. The Morgan fingerprint density at radius 1 is 1.48 bits per heavy atom. The Morgan fingerprint density at radius 3 is 3.00 bits per heavy atom. The Bertz CT molecular complexity index is 688. The maximum absolute atomic E-state index is 12.8. The van der Waals surface area contributed by atoms with Crippen molar-refractivity contribution in [3.05, 3.63) is 41.5 Å². The topological polar surface area (TPSA) is 85.2 Å². The number of nitrogens with zero attached hydrogens (tertiary/aromatic N) is 3. The summed E-state index contributed by atoms with van der Waals surface area (Å²) in [7, 11) is 0. The van der Waals surface area contributed by atoms with Crippen molar-refractivity contribution in [2.24, 2.45) is 11.7 Å². The summed E-state index contributed by atoms with van der Waals surface area (Å²) in [5, 5.41) is 3.78. The van der Waals surface area contributed by atoms with Crippen LogP contribution in [0.25, 0.3) is 0 Å². The molecule has 1 unspecified atom stereocenters. The lowest BCUT2D eigenvalue weighted by molar-refractivity contribution is 0.0784. The molecule has 3 rings (SSSR count). The first-order valence-electron chi connectivity index (χ1n) is 7.67. The van der Waals surface area contributed by atoms with Crippen LogP contribution >= 0.6 is 11.8 Å². The van der Waals surface area contributed by atoms with Crippen LogP contribution in [0.1, 0.15) is 28.5 Å². The minimum Gasteiger partial charge on any atom is -0.338 e. The van der Waals surface area contributed by atoms with Gasteiger partial charge in [0.05, 0.1) is 11.3 Å². The van der Waals surface area contributed by atoms with Crippen LogP contribution in [-0.2, 0) is 5.75 Å². The van der Waals surface area contributed by atoms with Crippen molar-refractivity contribution in [1.29, 1.82) is 0 Å². The van der Waals surface area contributed by atoms with E-state index >= 15 is 0 Å². The summed E-state index contributed by atoms with van der Waals surface area (Å²) < 4.78 is 5.12. The monoisotopic (exact) mass is 332 g/mol. The number of hydrogen-bond donors (Lipinski definition) is 1. The molecule has 0 bridgehead atoms. The molecule has 23 heavy (non-hydrogen) atoms. The summed E-state index contributed by atoms with van der Waals surface area (Å²) in [5.74, 6) is 2.23. The first-order chi connectivity index (χ1) is 11.2. The third-order valence-electron chi connectivity index (χ3n) is 3.94. The molecule has 2 heterocycles. The van der Waals surface area contributed by atoms with Crippen LogP contribution in [0.4, 0.5) is 0 Å². The van der Waals surface area contributed by atoms with Gasteiger partial charge in [0.25, 0.3) is 5.91 Å². The molecule has 1 aliphatic heterocycles. The predicted molar refractivity (Wildman–Crippen MR) is 88.1 cm³/mol. The molecule has 0 spiro atoms. The third kappa shape index (κ3) is 3.73. The van der Waals surface area contributed by atoms with E-state index in [9.17, 15) is 4.79 Å². The highest BCUT2D eigenvalue weighted by Gasteiger charge is 2.27. The average molecular weight is 332 g/mol. The molecule has 2 aromatic rings. The Hall–Kier alpha value is -1.86. The largest absolute Gasteiger partial charge is 0.338 e. The molecule has 2 N–H and O–H groups in total. The van der Waals surface area contributed by atoms with Crippen LogP contribution in [0.5, 0.6) is 0 Å². The lowest BCUT2D eigenvalue weighted by Gasteiger charge is -2.18. The van der Waals surface area contributed by atoms with Crippen LogP contribution in [0.2, 0.25) is 0 Å². The van der Waals surface area contributed by atoms with Crippen LogP contribution in [0.3, 0.4) is 0 Å². The van der Waals surface area contributed by atoms with Crippen LogP contribution in [0.15, 0.2) is 33.7 Å². The standard InChI is InChI=1S/C16H20N4O2S/c1-11-18-15(22-19-11)10-23-14-5-3-2-4-13(14)16(21)20-7-6-12(8-17)9-20/h2-5,12H,6-10,17H2,1H3. The molecule has 1 saturated heterocycles. The summed E-state index contributed by atoms with van der Waals surface area (Å²) in [4.78, 5) is 19.8. The smallest absolute Gasteiger partial charge is 0.254 e. The number of aryl methyl sites for hydroxylation is 1. The van der Waals surface area contributed by atoms with Crippen LogP contribution < -0.4 is 5.73 Å². The normalized spacial score (nSPS) is 17.7. The minimum absolute atomic E-state index is 0.0748. The van der Waals surface area contributed by atoms with Crippen LogP contribution in [0, 0.1) is 12.8 Å². The number of amides is 1. The van der Waals surface area contributed by atoms with Crippen molar-refractivity contribution in [3.8, 4) is 0 Å². The van der Waals surface area contributed by atoms with Crippen molar-refractivity contribution < 1.29 is 9.32 Å². The molecule has 7 heteroatoms. The van der Waals surface area contributed by atoms with E-state index in [0.29, 0.717) is 29.9 Å². The van der Waals surface area contributed by atoms with Gasteiger partial charge in [-0.3, -0.25) is 4.79 Å². The first kappa shape index (κ1) is 16.0. The molecular formula is C16H20N4O2S. The Kier molecular flexibility index (Phi) is 4.97. The number of benzene rings is 1. The highest BCUT2D eigenvalue weighted by molar-refractivity contribution is 7.98. The highest BCUT2D eigenvalue weighted by Crippen LogP contribution is 2.28. The summed E-state index contributed by atoms with van der Waals surface area (Å²) in [6.07, 6.45) is 0.985. The molecule has 1 amide bonds. The quantitative estimate of drug-likeness (QED) is 0.844. The third-order valence-corrected chi connectivity index (χ3v) is 5.00. The fourth-order valence-electron chi connectivity index (χ4n) is 2.69. The molecule has 1 atom stereocenters. The second-order valence-corrected chi connectivity index (χ2v) is 6.68. The number of hydrogen-bond acceptors (Lipinski definition) is 6. The Labute approximate surface area is 139 Å². The predicted octanol–water partition coefficient (Wildman–Crippen LogP) is 2.09. The molecule has 1 fully saturated rings. The second-order valence-electron chi connectivity index (χ2n) is 5.66. The molecule has 1 aromatic carbocycles. The van der Waals surface area contributed by atoms with Crippen molar-refractivity contribution in [2.45, 2.75) is 24.0 Å².